The molecule has 5 nitrogen and oxygen atoms in total. The van der Waals surface area contributed by atoms with Crippen molar-refractivity contribution in [3.05, 3.63) is 53.1 Å². The molecule has 1 N–H and O–H groups in total. The summed E-state index contributed by atoms with van der Waals surface area (Å²) >= 11 is 0. The smallest absolute Gasteiger partial charge is 0.265 e. The fourth-order valence-corrected chi connectivity index (χ4v) is 3.59. The summed E-state index contributed by atoms with van der Waals surface area (Å²) in [6, 6.07) is 11.6. The number of methoxy groups -OCH3 is 1. The molecule has 2 rings (SSSR count). The van der Waals surface area contributed by atoms with Gasteiger partial charge in [0, 0.05) is 5.69 Å². The van der Waals surface area contributed by atoms with E-state index in [-0.39, 0.29) is 4.90 Å². The van der Waals surface area contributed by atoms with Crippen molar-refractivity contribution in [2.75, 3.05) is 11.8 Å². The van der Waals surface area contributed by atoms with Gasteiger partial charge in [-0.2, -0.15) is 5.26 Å². The van der Waals surface area contributed by atoms with Crippen LogP contribution in [-0.4, -0.2) is 15.5 Å². The molecule has 0 saturated carbocycles. The molecule has 0 spiro atoms. The van der Waals surface area contributed by atoms with Crippen molar-refractivity contribution in [3.8, 4) is 11.8 Å². The average Bonchev–Trinajstić information content (AvgIpc) is 2.47. The molecule has 0 fully saturated rings. The predicted octanol–water partition coefficient (Wildman–Crippen LogP) is 2.98. The summed E-state index contributed by atoms with van der Waals surface area (Å²) in [5, 5.41) is 8.76. The van der Waals surface area contributed by atoms with Gasteiger partial charge < -0.3 is 4.74 Å². The van der Waals surface area contributed by atoms with Gasteiger partial charge in [-0.25, -0.2) is 8.42 Å². The van der Waals surface area contributed by atoms with Crippen molar-refractivity contribution in [2.45, 2.75) is 18.7 Å². The van der Waals surface area contributed by atoms with Gasteiger partial charge in [0.1, 0.15) is 10.6 Å². The largest absolute Gasteiger partial charge is 0.495 e. The summed E-state index contributed by atoms with van der Waals surface area (Å²) in [7, 11) is -2.34. The highest BCUT2D eigenvalue weighted by atomic mass is 32.2. The zero-order valence-corrected chi connectivity index (χ0v) is 13.4. The van der Waals surface area contributed by atoms with Crippen molar-refractivity contribution in [1.29, 1.82) is 5.26 Å². The van der Waals surface area contributed by atoms with Gasteiger partial charge in [0.15, 0.2) is 0 Å². The Labute approximate surface area is 130 Å². The van der Waals surface area contributed by atoms with E-state index in [0.717, 1.165) is 11.1 Å². The molecule has 2 aromatic carbocycles. The third kappa shape index (κ3) is 3.21. The van der Waals surface area contributed by atoms with Gasteiger partial charge >= 0.3 is 0 Å². The normalized spacial score (nSPS) is 10.8. The van der Waals surface area contributed by atoms with Crippen LogP contribution in [0.1, 0.15) is 16.7 Å². The quantitative estimate of drug-likeness (QED) is 0.940. The van der Waals surface area contributed by atoms with Crippen molar-refractivity contribution in [1.82, 2.24) is 0 Å². The summed E-state index contributed by atoms with van der Waals surface area (Å²) in [6.45, 7) is 3.62. The summed E-state index contributed by atoms with van der Waals surface area (Å²) in [5.74, 6) is 0.326. The number of hydrogen-bond acceptors (Lipinski definition) is 4. The van der Waals surface area contributed by atoms with Crippen molar-refractivity contribution in [3.63, 3.8) is 0 Å². The van der Waals surface area contributed by atoms with Gasteiger partial charge in [0.2, 0.25) is 0 Å². The molecule has 22 heavy (non-hydrogen) atoms. The highest BCUT2D eigenvalue weighted by molar-refractivity contribution is 7.92. The molecule has 6 heteroatoms. The van der Waals surface area contributed by atoms with E-state index < -0.39 is 10.0 Å². The average molecular weight is 316 g/mol. The monoisotopic (exact) mass is 316 g/mol. The maximum absolute atomic E-state index is 12.6. The maximum Gasteiger partial charge on any atom is 0.265 e. The Hall–Kier alpha value is -2.52. The number of ether oxygens (including phenoxy) is 1. The SMILES string of the molecule is COc1c(C)cc(C)cc1S(=O)(=O)Nc1ccc(C#N)cc1. The van der Waals surface area contributed by atoms with Crippen LogP contribution in [0, 0.1) is 25.2 Å². The number of aryl methyl sites for hydroxylation is 2. The van der Waals surface area contributed by atoms with E-state index in [1.165, 1.54) is 7.11 Å². The van der Waals surface area contributed by atoms with Crippen molar-refractivity contribution in [2.24, 2.45) is 0 Å². The minimum atomic E-state index is -3.78. The van der Waals surface area contributed by atoms with Crippen LogP contribution in [0.2, 0.25) is 0 Å². The Morgan fingerprint density at radius 3 is 2.32 bits per heavy atom. The first-order valence-electron chi connectivity index (χ1n) is 6.55. The Balaban J connectivity index is 2.44. The Morgan fingerprint density at radius 2 is 1.77 bits per heavy atom. The zero-order valence-electron chi connectivity index (χ0n) is 12.5. The molecule has 0 amide bonds. The number of nitrogens with zero attached hydrogens (tertiary/aromatic N) is 1. The van der Waals surface area contributed by atoms with Crippen LogP contribution < -0.4 is 9.46 Å². The molecule has 0 bridgehead atoms. The van der Waals surface area contributed by atoms with E-state index in [1.54, 1.807) is 37.3 Å². The molecule has 0 heterocycles. The minimum Gasteiger partial charge on any atom is -0.495 e. The van der Waals surface area contributed by atoms with Gasteiger partial charge in [-0.15, -0.1) is 0 Å². The highest BCUT2D eigenvalue weighted by Gasteiger charge is 2.21. The predicted molar refractivity (Wildman–Crippen MR) is 84.4 cm³/mol. The second-order valence-corrected chi connectivity index (χ2v) is 6.56. The van der Waals surface area contributed by atoms with Gasteiger partial charge in [0.25, 0.3) is 10.0 Å². The lowest BCUT2D eigenvalue weighted by Crippen LogP contribution is -2.15. The summed E-state index contributed by atoms with van der Waals surface area (Å²) in [4.78, 5) is 0.0943. The number of sulfonamides is 1. The first-order valence-corrected chi connectivity index (χ1v) is 8.04. The molecule has 0 radical (unpaired) electrons. The fourth-order valence-electron chi connectivity index (χ4n) is 2.20. The number of nitrogens with one attached hydrogen (secondary N) is 1. The van der Waals surface area contributed by atoms with Crippen LogP contribution in [-0.2, 0) is 10.0 Å². The van der Waals surface area contributed by atoms with E-state index >= 15 is 0 Å². The third-order valence-electron chi connectivity index (χ3n) is 3.14. The van der Waals surface area contributed by atoms with E-state index in [9.17, 15) is 8.42 Å². The lowest BCUT2D eigenvalue weighted by atomic mass is 10.1. The minimum absolute atomic E-state index is 0.0943. The zero-order chi connectivity index (χ0) is 16.3. The van der Waals surface area contributed by atoms with Crippen LogP contribution in [0.3, 0.4) is 0 Å². The fraction of sp³-hybridized carbons (Fsp3) is 0.188. The number of anilines is 1. The number of hydrogen-bond donors (Lipinski definition) is 1. The lowest BCUT2D eigenvalue weighted by molar-refractivity contribution is 0.399. The Bertz CT molecular complexity index is 835. The molecular formula is C16H16N2O3S. The van der Waals surface area contributed by atoms with Crippen molar-refractivity contribution >= 4 is 15.7 Å². The second-order valence-electron chi connectivity index (χ2n) is 4.91. The molecule has 2 aromatic rings. The standard InChI is InChI=1S/C16H16N2O3S/c1-11-8-12(2)16(21-3)15(9-11)22(19,20)18-14-6-4-13(10-17)5-7-14/h4-9,18H,1-3H3. The van der Waals surface area contributed by atoms with Crippen LogP contribution >= 0.6 is 0 Å². The molecule has 0 aliphatic rings. The van der Waals surface area contributed by atoms with Crippen LogP contribution in [0.25, 0.3) is 0 Å². The number of rotatable bonds is 4. The molecule has 0 aliphatic heterocycles. The topological polar surface area (TPSA) is 79.2 Å². The highest BCUT2D eigenvalue weighted by Crippen LogP contribution is 2.30. The second kappa shape index (κ2) is 6.08. The van der Waals surface area contributed by atoms with Gasteiger partial charge in [-0.1, -0.05) is 6.07 Å². The molecule has 0 unspecified atom stereocenters. The first-order chi connectivity index (χ1) is 10.4. The number of nitriles is 1. The Kier molecular flexibility index (Phi) is 4.38. The third-order valence-corrected chi connectivity index (χ3v) is 4.53. The summed E-state index contributed by atoms with van der Waals surface area (Å²) in [6.07, 6.45) is 0. The van der Waals surface area contributed by atoms with Crippen LogP contribution in [0.15, 0.2) is 41.3 Å². The molecule has 0 aromatic heterocycles. The van der Waals surface area contributed by atoms with Crippen LogP contribution in [0.4, 0.5) is 5.69 Å². The van der Waals surface area contributed by atoms with Crippen molar-refractivity contribution < 1.29 is 13.2 Å². The number of benzene rings is 2. The summed E-state index contributed by atoms with van der Waals surface area (Å²) < 4.78 is 32.9. The van der Waals surface area contributed by atoms with Gasteiger partial charge in [0.05, 0.1) is 18.7 Å². The van der Waals surface area contributed by atoms with E-state index in [0.29, 0.717) is 17.0 Å². The molecule has 0 atom stereocenters. The molecule has 0 saturated heterocycles. The molecule has 114 valence electrons. The molecule has 0 aliphatic carbocycles. The Morgan fingerprint density at radius 1 is 1.14 bits per heavy atom. The molecular weight excluding hydrogens is 300 g/mol. The first kappa shape index (κ1) is 15.9. The van der Waals surface area contributed by atoms with E-state index in [2.05, 4.69) is 4.72 Å². The maximum atomic E-state index is 12.6. The summed E-state index contributed by atoms with van der Waals surface area (Å²) in [5.41, 5.74) is 2.44. The van der Waals surface area contributed by atoms with Gasteiger partial charge in [-0.3, -0.25) is 4.72 Å². The van der Waals surface area contributed by atoms with E-state index in [4.69, 9.17) is 10.00 Å². The van der Waals surface area contributed by atoms with Crippen LogP contribution in [0.5, 0.6) is 5.75 Å². The van der Waals surface area contributed by atoms with Gasteiger partial charge in [-0.05, 0) is 55.3 Å². The van der Waals surface area contributed by atoms with E-state index in [1.807, 2.05) is 19.1 Å². The lowest BCUT2D eigenvalue weighted by Gasteiger charge is -2.14.